The van der Waals surface area contributed by atoms with E-state index in [1.807, 2.05) is 48.5 Å². The van der Waals surface area contributed by atoms with Crippen LogP contribution in [0.3, 0.4) is 0 Å². The number of para-hydroxylation sites is 2. The number of aryl methyl sites for hydroxylation is 1. The zero-order valence-corrected chi connectivity index (χ0v) is 28.2. The highest BCUT2D eigenvalue weighted by Gasteiger charge is 2.38. The van der Waals surface area contributed by atoms with Crippen molar-refractivity contribution >= 4 is 32.6 Å². The Morgan fingerprint density at radius 3 is 2.26 bits per heavy atom. The molecule has 0 saturated heterocycles. The molecule has 2 aliphatic rings. The lowest BCUT2D eigenvalue weighted by Crippen LogP contribution is -2.20. The summed E-state index contributed by atoms with van der Waals surface area (Å²) in [5, 5.41) is 4.05. The van der Waals surface area contributed by atoms with Gasteiger partial charge < -0.3 is 0 Å². The topological polar surface area (TPSA) is 47.8 Å². The largest absolute Gasteiger partial charge is 0.276 e. The fourth-order valence-electron chi connectivity index (χ4n) is 8.78. The second-order valence-corrected chi connectivity index (χ2v) is 14.5. The highest BCUT2D eigenvalue weighted by atomic mass is 16.1. The Hall–Kier alpha value is -5.87. The maximum atomic E-state index is 14.0. The molecule has 0 fully saturated rings. The Morgan fingerprint density at radius 2 is 1.40 bits per heavy atom. The SMILES string of the molecule is CC1(C)c2cc3c(cc2-c2cc4ccccc4cc21)-c1ccccc1CCC3Cc1ncc2c(=O)n(-c3ccccc3)c3ccccc3c2n1. The Balaban J connectivity index is 1.13. The predicted molar refractivity (Wildman–Crippen MR) is 204 cm³/mol. The minimum atomic E-state index is -0.128. The molecule has 0 N–H and O–H groups in total. The monoisotopic (exact) mass is 645 g/mol. The molecule has 4 nitrogen and oxygen atoms in total. The van der Waals surface area contributed by atoms with E-state index in [4.69, 9.17) is 9.97 Å². The van der Waals surface area contributed by atoms with Crippen molar-refractivity contribution in [1.82, 2.24) is 14.5 Å². The lowest BCUT2D eigenvalue weighted by molar-refractivity contribution is 0.606. The highest BCUT2D eigenvalue weighted by Crippen LogP contribution is 2.53. The fourth-order valence-corrected chi connectivity index (χ4v) is 8.78. The molecule has 6 aromatic carbocycles. The summed E-state index contributed by atoms with van der Waals surface area (Å²) in [6.07, 6.45) is 4.44. The van der Waals surface area contributed by atoms with Gasteiger partial charge in [-0.3, -0.25) is 9.36 Å². The van der Waals surface area contributed by atoms with Gasteiger partial charge in [-0.15, -0.1) is 0 Å². The van der Waals surface area contributed by atoms with Gasteiger partial charge in [0.2, 0.25) is 0 Å². The number of rotatable bonds is 3. The van der Waals surface area contributed by atoms with Crippen molar-refractivity contribution in [2.24, 2.45) is 0 Å². The van der Waals surface area contributed by atoms with Gasteiger partial charge in [0, 0.05) is 29.1 Å². The minimum Gasteiger partial charge on any atom is -0.276 e. The number of hydrogen-bond donors (Lipinski definition) is 0. The molecule has 2 aromatic heterocycles. The summed E-state index contributed by atoms with van der Waals surface area (Å²) in [5.74, 6) is 0.991. The molecule has 0 radical (unpaired) electrons. The van der Waals surface area contributed by atoms with Crippen LogP contribution in [0.15, 0.2) is 138 Å². The van der Waals surface area contributed by atoms with Crippen LogP contribution in [0.4, 0.5) is 0 Å². The molecular formula is C46H35N3O. The van der Waals surface area contributed by atoms with Gasteiger partial charge in [0.05, 0.1) is 16.4 Å². The molecule has 2 aliphatic carbocycles. The zero-order chi connectivity index (χ0) is 33.6. The molecule has 0 spiro atoms. The average molecular weight is 646 g/mol. The van der Waals surface area contributed by atoms with Crippen molar-refractivity contribution in [2.75, 3.05) is 0 Å². The first-order valence-electron chi connectivity index (χ1n) is 17.6. The number of benzene rings is 6. The van der Waals surface area contributed by atoms with Crippen LogP contribution in [0.25, 0.3) is 60.5 Å². The first-order valence-corrected chi connectivity index (χ1v) is 17.6. The van der Waals surface area contributed by atoms with Crippen molar-refractivity contribution < 1.29 is 0 Å². The molecule has 10 rings (SSSR count). The van der Waals surface area contributed by atoms with E-state index in [9.17, 15) is 4.79 Å². The molecule has 240 valence electrons. The maximum absolute atomic E-state index is 14.0. The van der Waals surface area contributed by atoms with E-state index in [0.29, 0.717) is 11.8 Å². The molecule has 1 atom stereocenters. The Labute approximate surface area is 290 Å². The quantitative estimate of drug-likeness (QED) is 0.180. The van der Waals surface area contributed by atoms with Crippen LogP contribution in [-0.4, -0.2) is 14.5 Å². The molecule has 2 heterocycles. The molecule has 4 heteroatoms. The Bertz CT molecular complexity index is 2740. The maximum Gasteiger partial charge on any atom is 0.266 e. The number of aromatic nitrogens is 3. The summed E-state index contributed by atoms with van der Waals surface area (Å²) in [5.41, 5.74) is 13.0. The first-order chi connectivity index (χ1) is 24.5. The van der Waals surface area contributed by atoms with Crippen molar-refractivity contribution in [2.45, 2.75) is 44.4 Å². The Kier molecular flexibility index (Phi) is 6.29. The lowest BCUT2D eigenvalue weighted by atomic mass is 9.79. The third kappa shape index (κ3) is 4.27. The molecule has 0 saturated carbocycles. The molecular weight excluding hydrogens is 611 g/mol. The van der Waals surface area contributed by atoms with Gasteiger partial charge in [-0.05, 0) is 110 Å². The van der Waals surface area contributed by atoms with E-state index in [2.05, 4.69) is 92.7 Å². The van der Waals surface area contributed by atoms with E-state index in [-0.39, 0.29) is 16.9 Å². The second kappa shape index (κ2) is 10.8. The van der Waals surface area contributed by atoms with Crippen LogP contribution < -0.4 is 5.56 Å². The van der Waals surface area contributed by atoms with E-state index >= 15 is 0 Å². The Morgan fingerprint density at radius 1 is 0.700 bits per heavy atom. The van der Waals surface area contributed by atoms with E-state index in [0.717, 1.165) is 40.8 Å². The summed E-state index contributed by atoms with van der Waals surface area (Å²) in [4.78, 5) is 24.1. The number of hydrogen-bond acceptors (Lipinski definition) is 3. The molecule has 50 heavy (non-hydrogen) atoms. The third-order valence-corrected chi connectivity index (χ3v) is 11.3. The number of nitrogens with zero attached hydrogens (tertiary/aromatic N) is 3. The third-order valence-electron chi connectivity index (χ3n) is 11.3. The highest BCUT2D eigenvalue weighted by molar-refractivity contribution is 6.03. The smallest absolute Gasteiger partial charge is 0.266 e. The van der Waals surface area contributed by atoms with E-state index < -0.39 is 0 Å². The van der Waals surface area contributed by atoms with Gasteiger partial charge >= 0.3 is 0 Å². The lowest BCUT2D eigenvalue weighted by Gasteiger charge is -2.25. The molecule has 0 amide bonds. The summed E-state index contributed by atoms with van der Waals surface area (Å²) >= 11 is 0. The van der Waals surface area contributed by atoms with Crippen LogP contribution in [0.1, 0.15) is 54.3 Å². The molecule has 0 bridgehead atoms. The van der Waals surface area contributed by atoms with Crippen molar-refractivity contribution in [3.63, 3.8) is 0 Å². The van der Waals surface area contributed by atoms with Gasteiger partial charge in [-0.2, -0.15) is 0 Å². The second-order valence-electron chi connectivity index (χ2n) is 14.5. The number of pyridine rings is 1. The van der Waals surface area contributed by atoms with Crippen LogP contribution in [0, 0.1) is 0 Å². The van der Waals surface area contributed by atoms with Gasteiger partial charge in [0.1, 0.15) is 5.82 Å². The van der Waals surface area contributed by atoms with Crippen LogP contribution in [0.2, 0.25) is 0 Å². The van der Waals surface area contributed by atoms with Crippen LogP contribution in [-0.2, 0) is 18.3 Å². The van der Waals surface area contributed by atoms with Crippen LogP contribution in [0.5, 0.6) is 0 Å². The van der Waals surface area contributed by atoms with E-state index in [1.54, 1.807) is 10.8 Å². The van der Waals surface area contributed by atoms with Gasteiger partial charge in [0.25, 0.3) is 5.56 Å². The van der Waals surface area contributed by atoms with E-state index in [1.165, 1.54) is 55.3 Å². The van der Waals surface area contributed by atoms with Gasteiger partial charge in [-0.1, -0.05) is 105 Å². The van der Waals surface area contributed by atoms with Crippen LogP contribution >= 0.6 is 0 Å². The molecule has 1 unspecified atom stereocenters. The van der Waals surface area contributed by atoms with Crippen molar-refractivity contribution in [3.8, 4) is 27.9 Å². The standard InChI is InChI=1S/C46H35N3O/c1-46(2)40-23-30-14-7-6-13-29(30)22-37(40)38-25-36-33-17-9-8-12-28(33)20-21-31(35(36)26-41(38)46)24-43-47-27-39-44(48-43)34-18-10-11-19-42(34)49(45(39)50)32-15-4-3-5-16-32/h3-19,22-23,25-27,31H,20-21,24H2,1-2H3. The molecule has 8 aromatic rings. The van der Waals surface area contributed by atoms with Crippen molar-refractivity contribution in [3.05, 3.63) is 172 Å². The average Bonchev–Trinajstić information content (AvgIpc) is 3.26. The number of fused-ring (bicyclic) bond motifs is 10. The molecule has 0 aliphatic heterocycles. The summed E-state index contributed by atoms with van der Waals surface area (Å²) < 4.78 is 1.78. The normalized spacial score (nSPS) is 15.8. The summed E-state index contributed by atoms with van der Waals surface area (Å²) in [6, 6.07) is 45.3. The van der Waals surface area contributed by atoms with Crippen molar-refractivity contribution in [1.29, 1.82) is 0 Å². The predicted octanol–water partition coefficient (Wildman–Crippen LogP) is 10.3. The fraction of sp³-hybridized carbons (Fsp3) is 0.152. The van der Waals surface area contributed by atoms with Gasteiger partial charge in [0.15, 0.2) is 0 Å². The minimum absolute atomic E-state index is 0.100. The first kappa shape index (κ1) is 29.1. The summed E-state index contributed by atoms with van der Waals surface area (Å²) in [7, 11) is 0. The van der Waals surface area contributed by atoms with Gasteiger partial charge in [-0.25, -0.2) is 9.97 Å². The summed E-state index contributed by atoms with van der Waals surface area (Å²) in [6.45, 7) is 4.75. The zero-order valence-electron chi connectivity index (χ0n) is 28.2.